The first-order valence-corrected chi connectivity index (χ1v) is 6.58. The Morgan fingerprint density at radius 2 is 1.90 bits per heavy atom. The Morgan fingerprint density at radius 1 is 1.29 bits per heavy atom. The van der Waals surface area contributed by atoms with E-state index in [9.17, 15) is 19.8 Å². The average molecular weight is 291 g/mol. The standard InChI is InChI=1S/C14H17N3O4/c1-2-14(7-18,8-19)15-13(21)11-9-5-3-4-6-10(9)12(20)17-16-11/h3-6,18-19H,2,7-8H2,1H3,(H,15,21)(H,17,20). The van der Waals surface area contributed by atoms with Crippen LogP contribution in [0.3, 0.4) is 0 Å². The van der Waals surface area contributed by atoms with E-state index in [1.807, 2.05) is 0 Å². The van der Waals surface area contributed by atoms with Crippen LogP contribution in [0.25, 0.3) is 10.8 Å². The fourth-order valence-corrected chi connectivity index (χ4v) is 2.03. The highest BCUT2D eigenvalue weighted by Gasteiger charge is 2.30. The summed E-state index contributed by atoms with van der Waals surface area (Å²) < 4.78 is 0. The Hall–Kier alpha value is -2.25. The first-order chi connectivity index (χ1) is 10.1. The third kappa shape index (κ3) is 2.79. The molecule has 0 radical (unpaired) electrons. The van der Waals surface area contributed by atoms with Crippen LogP contribution in [0.2, 0.25) is 0 Å². The van der Waals surface area contributed by atoms with E-state index in [0.717, 1.165) is 0 Å². The molecule has 21 heavy (non-hydrogen) atoms. The SMILES string of the molecule is CCC(CO)(CO)NC(=O)c1n[nH]c(=O)c2ccccc12. The van der Waals surface area contributed by atoms with Crippen LogP contribution >= 0.6 is 0 Å². The Morgan fingerprint density at radius 3 is 2.48 bits per heavy atom. The van der Waals surface area contributed by atoms with E-state index >= 15 is 0 Å². The summed E-state index contributed by atoms with van der Waals surface area (Å²) >= 11 is 0. The third-order valence-corrected chi connectivity index (χ3v) is 3.57. The van der Waals surface area contributed by atoms with Gasteiger partial charge < -0.3 is 15.5 Å². The molecule has 2 rings (SSSR count). The summed E-state index contributed by atoms with van der Waals surface area (Å²) in [5.74, 6) is -0.563. The number of benzene rings is 1. The fraction of sp³-hybridized carbons (Fsp3) is 0.357. The Bertz CT molecular complexity index is 698. The van der Waals surface area contributed by atoms with Crippen LogP contribution in [0.5, 0.6) is 0 Å². The van der Waals surface area contributed by atoms with Crippen molar-refractivity contribution in [3.63, 3.8) is 0 Å². The second kappa shape index (κ2) is 6.02. The van der Waals surface area contributed by atoms with Crippen LogP contribution in [-0.4, -0.2) is 45.1 Å². The fourth-order valence-electron chi connectivity index (χ4n) is 2.03. The van der Waals surface area contributed by atoms with E-state index in [2.05, 4.69) is 15.5 Å². The van der Waals surface area contributed by atoms with E-state index in [1.165, 1.54) is 0 Å². The molecule has 0 fully saturated rings. The van der Waals surface area contributed by atoms with E-state index in [4.69, 9.17) is 0 Å². The molecule has 0 saturated heterocycles. The van der Waals surface area contributed by atoms with Gasteiger partial charge in [0.05, 0.1) is 24.1 Å². The zero-order chi connectivity index (χ0) is 15.5. The van der Waals surface area contributed by atoms with Gasteiger partial charge in [0.25, 0.3) is 11.5 Å². The normalized spacial score (nSPS) is 11.6. The number of aromatic amines is 1. The highest BCUT2D eigenvalue weighted by Crippen LogP contribution is 2.15. The van der Waals surface area contributed by atoms with Crippen LogP contribution in [0.15, 0.2) is 29.1 Å². The molecule has 7 nitrogen and oxygen atoms in total. The van der Waals surface area contributed by atoms with Gasteiger partial charge in [-0.2, -0.15) is 5.10 Å². The van der Waals surface area contributed by atoms with Crippen molar-refractivity contribution in [1.82, 2.24) is 15.5 Å². The van der Waals surface area contributed by atoms with E-state index in [1.54, 1.807) is 31.2 Å². The Kier molecular flexibility index (Phi) is 4.35. The number of aliphatic hydroxyl groups excluding tert-OH is 2. The van der Waals surface area contributed by atoms with Crippen LogP contribution in [0.1, 0.15) is 23.8 Å². The first kappa shape index (κ1) is 15.1. The topological polar surface area (TPSA) is 115 Å². The van der Waals surface area contributed by atoms with Crippen molar-refractivity contribution >= 4 is 16.7 Å². The molecule has 1 aromatic carbocycles. The highest BCUT2D eigenvalue weighted by molar-refractivity contribution is 6.05. The lowest BCUT2D eigenvalue weighted by Crippen LogP contribution is -2.54. The lowest BCUT2D eigenvalue weighted by Gasteiger charge is -2.29. The summed E-state index contributed by atoms with van der Waals surface area (Å²) in [4.78, 5) is 24.0. The minimum absolute atomic E-state index is 0.0462. The Labute approximate surface area is 120 Å². The van der Waals surface area contributed by atoms with Gasteiger partial charge >= 0.3 is 0 Å². The second-order valence-corrected chi connectivity index (χ2v) is 4.85. The predicted octanol–water partition coefficient (Wildman–Crippen LogP) is -0.214. The molecule has 0 bridgehead atoms. The van der Waals surface area contributed by atoms with Gasteiger partial charge in [-0.3, -0.25) is 9.59 Å². The second-order valence-electron chi connectivity index (χ2n) is 4.85. The smallest absolute Gasteiger partial charge is 0.272 e. The number of aromatic nitrogens is 2. The number of H-pyrrole nitrogens is 1. The van der Waals surface area contributed by atoms with Crippen LogP contribution in [0, 0.1) is 0 Å². The molecule has 0 atom stereocenters. The van der Waals surface area contributed by atoms with Crippen molar-refractivity contribution in [2.45, 2.75) is 18.9 Å². The lowest BCUT2D eigenvalue weighted by atomic mass is 9.98. The molecule has 0 aliphatic carbocycles. The zero-order valence-electron chi connectivity index (χ0n) is 11.6. The van der Waals surface area contributed by atoms with Crippen molar-refractivity contribution in [2.75, 3.05) is 13.2 Å². The summed E-state index contributed by atoms with van der Waals surface area (Å²) in [6, 6.07) is 6.61. The van der Waals surface area contributed by atoms with E-state index in [-0.39, 0.29) is 11.3 Å². The van der Waals surface area contributed by atoms with E-state index < -0.39 is 24.7 Å². The van der Waals surface area contributed by atoms with Crippen LogP contribution in [0.4, 0.5) is 0 Å². The van der Waals surface area contributed by atoms with Crippen LogP contribution < -0.4 is 10.9 Å². The third-order valence-electron chi connectivity index (χ3n) is 3.57. The summed E-state index contributed by atoms with van der Waals surface area (Å²) in [5, 5.41) is 28.2. The molecule has 0 aliphatic rings. The number of hydrogen-bond acceptors (Lipinski definition) is 5. The zero-order valence-corrected chi connectivity index (χ0v) is 11.6. The summed E-state index contributed by atoms with van der Waals surface area (Å²) in [7, 11) is 0. The maximum Gasteiger partial charge on any atom is 0.272 e. The summed E-state index contributed by atoms with van der Waals surface area (Å²) in [6.07, 6.45) is 0.354. The molecule has 0 saturated carbocycles. The van der Waals surface area contributed by atoms with Gasteiger partial charge in [-0.05, 0) is 12.5 Å². The van der Waals surface area contributed by atoms with Gasteiger partial charge in [0.1, 0.15) is 0 Å². The number of nitrogens with zero attached hydrogens (tertiary/aromatic N) is 1. The molecule has 1 aromatic heterocycles. The van der Waals surface area contributed by atoms with Crippen molar-refractivity contribution in [3.05, 3.63) is 40.3 Å². The highest BCUT2D eigenvalue weighted by atomic mass is 16.3. The molecule has 7 heteroatoms. The quantitative estimate of drug-likeness (QED) is 0.608. The number of aliphatic hydroxyl groups is 2. The van der Waals surface area contributed by atoms with Gasteiger partial charge in [0, 0.05) is 5.39 Å². The number of amides is 1. The molecule has 1 heterocycles. The van der Waals surface area contributed by atoms with Gasteiger partial charge in [0.2, 0.25) is 0 Å². The number of carbonyl (C=O) groups excluding carboxylic acids is 1. The monoisotopic (exact) mass is 291 g/mol. The van der Waals surface area contributed by atoms with Gasteiger partial charge in [-0.15, -0.1) is 0 Å². The van der Waals surface area contributed by atoms with Crippen molar-refractivity contribution in [2.24, 2.45) is 0 Å². The number of nitrogens with one attached hydrogen (secondary N) is 2. The average Bonchev–Trinajstić information content (AvgIpc) is 2.53. The predicted molar refractivity (Wildman–Crippen MR) is 77.0 cm³/mol. The van der Waals surface area contributed by atoms with Gasteiger partial charge in [-0.1, -0.05) is 25.1 Å². The molecule has 2 aromatic rings. The molecule has 0 spiro atoms. The number of fused-ring (bicyclic) bond motifs is 1. The number of hydrogen-bond donors (Lipinski definition) is 4. The van der Waals surface area contributed by atoms with Gasteiger partial charge in [0.15, 0.2) is 5.69 Å². The minimum atomic E-state index is -1.12. The summed E-state index contributed by atoms with van der Waals surface area (Å²) in [6.45, 7) is 0.950. The number of rotatable bonds is 5. The van der Waals surface area contributed by atoms with Crippen molar-refractivity contribution in [3.8, 4) is 0 Å². The molecular formula is C14H17N3O4. The maximum absolute atomic E-state index is 12.3. The largest absolute Gasteiger partial charge is 0.394 e. The molecule has 1 amide bonds. The van der Waals surface area contributed by atoms with Crippen LogP contribution in [-0.2, 0) is 0 Å². The molecule has 0 unspecified atom stereocenters. The van der Waals surface area contributed by atoms with Gasteiger partial charge in [-0.25, -0.2) is 5.10 Å². The van der Waals surface area contributed by atoms with Crippen molar-refractivity contribution in [1.29, 1.82) is 0 Å². The maximum atomic E-state index is 12.3. The first-order valence-electron chi connectivity index (χ1n) is 6.58. The number of carbonyl (C=O) groups is 1. The van der Waals surface area contributed by atoms with E-state index in [0.29, 0.717) is 17.2 Å². The molecule has 112 valence electrons. The molecular weight excluding hydrogens is 274 g/mol. The molecule has 0 aliphatic heterocycles. The molecule has 4 N–H and O–H groups in total. The Balaban J connectivity index is 2.45. The lowest BCUT2D eigenvalue weighted by molar-refractivity contribution is 0.0649. The minimum Gasteiger partial charge on any atom is -0.394 e. The van der Waals surface area contributed by atoms with Crippen molar-refractivity contribution < 1.29 is 15.0 Å². The summed E-state index contributed by atoms with van der Waals surface area (Å²) in [5.41, 5.74) is -1.45.